The minimum absolute atomic E-state index is 0. The Balaban J connectivity index is 0. The van der Waals surface area contributed by atoms with Crippen LogP contribution in [0.4, 0.5) is 17.6 Å². The third kappa shape index (κ3) is 17.3. The van der Waals surface area contributed by atoms with E-state index in [1.807, 2.05) is 12.2 Å². The first-order valence-corrected chi connectivity index (χ1v) is 11.5. The van der Waals surface area contributed by atoms with Gasteiger partial charge in [-0.2, -0.15) is 6.92 Å². The summed E-state index contributed by atoms with van der Waals surface area (Å²) in [5.41, 5.74) is -0.887. The minimum Gasteiger partial charge on any atom is -0.293 e. The molecule has 0 atom stereocenters. The SMILES string of the molecule is [CH-]=CC=CC=CCCCCCCCCCCCCCC.[CH2-]c1c(F)c(F)cc(F)c1F.[Ti+2]. The van der Waals surface area contributed by atoms with E-state index in [4.69, 9.17) is 6.58 Å². The van der Waals surface area contributed by atoms with Gasteiger partial charge in [0.25, 0.3) is 0 Å². The predicted molar refractivity (Wildman–Crippen MR) is 124 cm³/mol. The van der Waals surface area contributed by atoms with E-state index in [2.05, 4.69) is 26.0 Å². The Morgan fingerprint density at radius 1 is 0.719 bits per heavy atom. The second kappa shape index (κ2) is 22.9. The molecule has 0 aliphatic rings. The third-order valence-electron chi connectivity index (χ3n) is 4.90. The summed E-state index contributed by atoms with van der Waals surface area (Å²) in [5, 5.41) is 0. The number of hydrogen-bond acceptors (Lipinski definition) is 0. The largest absolute Gasteiger partial charge is 2.00 e. The fraction of sp³-hybridized carbons (Fsp3) is 0.519. The molecule has 0 radical (unpaired) electrons. The van der Waals surface area contributed by atoms with Crippen molar-refractivity contribution in [1.29, 1.82) is 0 Å². The normalized spacial score (nSPS) is 10.8. The molecule has 0 unspecified atom stereocenters. The maximum Gasteiger partial charge on any atom is 2.00 e. The molecule has 0 N–H and O–H groups in total. The van der Waals surface area contributed by atoms with Crippen LogP contribution in [-0.2, 0) is 21.7 Å². The van der Waals surface area contributed by atoms with E-state index in [1.165, 1.54) is 83.5 Å². The van der Waals surface area contributed by atoms with Crippen LogP contribution in [0.1, 0.15) is 96.0 Å². The molecular weight excluding hydrogens is 448 g/mol. The van der Waals surface area contributed by atoms with Crippen LogP contribution in [0.15, 0.2) is 36.4 Å². The zero-order valence-corrected chi connectivity index (χ0v) is 21.0. The fourth-order valence-electron chi connectivity index (χ4n) is 3.03. The molecule has 0 nitrogen and oxygen atoms in total. The van der Waals surface area contributed by atoms with Gasteiger partial charge in [0.05, 0.1) is 11.6 Å². The van der Waals surface area contributed by atoms with E-state index < -0.39 is 28.8 Å². The Morgan fingerprint density at radius 3 is 1.59 bits per heavy atom. The zero-order valence-electron chi connectivity index (χ0n) is 19.5. The van der Waals surface area contributed by atoms with E-state index in [1.54, 1.807) is 6.08 Å². The van der Waals surface area contributed by atoms with Gasteiger partial charge in [0.15, 0.2) is 0 Å². The van der Waals surface area contributed by atoms with Crippen molar-refractivity contribution in [1.82, 2.24) is 0 Å². The van der Waals surface area contributed by atoms with Crippen LogP contribution in [0.5, 0.6) is 0 Å². The summed E-state index contributed by atoms with van der Waals surface area (Å²) in [4.78, 5) is 0. The van der Waals surface area contributed by atoms with E-state index in [0.29, 0.717) is 0 Å². The molecule has 1 aromatic carbocycles. The number of unbranched alkanes of at least 4 members (excludes halogenated alkanes) is 12. The van der Waals surface area contributed by atoms with Crippen molar-refractivity contribution < 1.29 is 39.3 Å². The van der Waals surface area contributed by atoms with Gasteiger partial charge < -0.3 is 0 Å². The zero-order chi connectivity index (χ0) is 23.3. The van der Waals surface area contributed by atoms with Gasteiger partial charge in [-0.15, -0.1) is 11.6 Å². The van der Waals surface area contributed by atoms with Crippen molar-refractivity contribution >= 4 is 0 Å². The maximum atomic E-state index is 12.3. The Bertz CT molecular complexity index is 627. The van der Waals surface area contributed by atoms with Crippen LogP contribution < -0.4 is 0 Å². The topological polar surface area (TPSA) is 0 Å². The molecule has 0 spiro atoms. The summed E-state index contributed by atoms with van der Waals surface area (Å²) < 4.78 is 49.1. The van der Waals surface area contributed by atoms with Gasteiger partial charge in [-0.1, -0.05) is 89.7 Å². The van der Waals surface area contributed by atoms with Crippen LogP contribution in [-0.4, -0.2) is 0 Å². The average Bonchev–Trinajstić information content (AvgIpc) is 2.76. The first kappa shape index (κ1) is 32.9. The molecule has 0 saturated heterocycles. The molecule has 0 saturated carbocycles. The van der Waals surface area contributed by atoms with Crippen molar-refractivity contribution in [2.45, 2.75) is 90.4 Å². The molecule has 32 heavy (non-hydrogen) atoms. The van der Waals surface area contributed by atoms with Gasteiger partial charge in [0.1, 0.15) is 11.6 Å². The Kier molecular flexibility index (Phi) is 23.6. The molecule has 0 aliphatic carbocycles. The number of halogens is 4. The Hall–Kier alpha value is -1.26. The van der Waals surface area contributed by atoms with Gasteiger partial charge >= 0.3 is 21.7 Å². The summed E-state index contributed by atoms with van der Waals surface area (Å²) in [6.45, 7) is 10.3. The average molecular weight is 486 g/mol. The monoisotopic (exact) mass is 486 g/mol. The van der Waals surface area contributed by atoms with Crippen molar-refractivity contribution in [2.24, 2.45) is 0 Å². The second-order valence-corrected chi connectivity index (χ2v) is 7.63. The van der Waals surface area contributed by atoms with Crippen LogP contribution >= 0.6 is 0 Å². The fourth-order valence-corrected chi connectivity index (χ4v) is 3.03. The molecule has 1 rings (SSSR count). The second-order valence-electron chi connectivity index (χ2n) is 7.63. The van der Waals surface area contributed by atoms with Gasteiger partial charge in [-0.3, -0.25) is 15.4 Å². The molecule has 0 aromatic heterocycles. The molecule has 0 fully saturated rings. The summed E-state index contributed by atoms with van der Waals surface area (Å²) in [6, 6.07) is 0.138. The van der Waals surface area contributed by atoms with E-state index in [0.717, 1.165) is 0 Å². The van der Waals surface area contributed by atoms with Crippen molar-refractivity contribution in [3.05, 3.63) is 78.8 Å². The maximum absolute atomic E-state index is 12.3. The molecule has 178 valence electrons. The van der Waals surface area contributed by atoms with Crippen molar-refractivity contribution in [3.63, 3.8) is 0 Å². The van der Waals surface area contributed by atoms with Gasteiger partial charge in [-0.25, -0.2) is 20.9 Å². The van der Waals surface area contributed by atoms with Gasteiger partial charge in [-0.05, 0) is 18.9 Å². The molecule has 0 heterocycles. The molecule has 0 aliphatic heterocycles. The van der Waals surface area contributed by atoms with Crippen LogP contribution in [0, 0.1) is 36.8 Å². The quantitative estimate of drug-likeness (QED) is 0.0578. The summed E-state index contributed by atoms with van der Waals surface area (Å²) in [5.74, 6) is -5.78. The van der Waals surface area contributed by atoms with Crippen molar-refractivity contribution in [3.8, 4) is 0 Å². The minimum atomic E-state index is -1.45. The summed E-state index contributed by atoms with van der Waals surface area (Å²) >= 11 is 0. The van der Waals surface area contributed by atoms with Crippen LogP contribution in [0.3, 0.4) is 0 Å². The van der Waals surface area contributed by atoms with E-state index in [-0.39, 0.29) is 27.8 Å². The molecule has 5 heteroatoms. The smallest absolute Gasteiger partial charge is 0.293 e. The first-order chi connectivity index (χ1) is 15.0. The number of benzene rings is 1. The first-order valence-electron chi connectivity index (χ1n) is 11.5. The summed E-state index contributed by atoms with van der Waals surface area (Å²) in [7, 11) is 0. The van der Waals surface area contributed by atoms with Gasteiger partial charge in [0.2, 0.25) is 0 Å². The number of rotatable bonds is 15. The van der Waals surface area contributed by atoms with Crippen molar-refractivity contribution in [2.75, 3.05) is 0 Å². The predicted octanol–water partition coefficient (Wildman–Crippen LogP) is 9.60. The standard InChI is InChI=1S/C20H35.C7H3F4.Ti/c1-3-5-7-9-11-13-15-17-19-20-18-16-14-12-10-8-6-4-2;1-3-6(10)4(8)2-5(9)7(3)11;/h1,3,5,7,9,11H,4,6,8,10,12-20H2,2H3;2H,1H2;/q2*-1;+2. The van der Waals surface area contributed by atoms with E-state index >= 15 is 0 Å². The van der Waals surface area contributed by atoms with E-state index in [9.17, 15) is 17.6 Å². The molecular formula is C27H38F4Ti. The van der Waals surface area contributed by atoms with Crippen LogP contribution in [0.25, 0.3) is 0 Å². The molecule has 1 aromatic rings. The van der Waals surface area contributed by atoms with Crippen LogP contribution in [0.2, 0.25) is 0 Å². The number of allylic oxidation sites excluding steroid dienone is 5. The Morgan fingerprint density at radius 2 is 1.16 bits per heavy atom. The summed E-state index contributed by atoms with van der Waals surface area (Å²) in [6.07, 6.45) is 28.0. The van der Waals surface area contributed by atoms with Gasteiger partial charge in [0, 0.05) is 0 Å². The molecule has 0 amide bonds. The third-order valence-corrected chi connectivity index (χ3v) is 4.90. The molecule has 0 bridgehead atoms. The number of hydrogen-bond donors (Lipinski definition) is 0. The Labute approximate surface area is 208 Å².